The first-order chi connectivity index (χ1) is 11.2. The van der Waals surface area contributed by atoms with Crippen molar-refractivity contribution in [2.45, 2.75) is 32.0 Å². The molecule has 0 aromatic heterocycles. The van der Waals surface area contributed by atoms with Crippen LogP contribution in [0.1, 0.15) is 30.7 Å². The van der Waals surface area contributed by atoms with Crippen molar-refractivity contribution in [3.8, 4) is 0 Å². The number of benzene rings is 2. The molecular weight excluding hydrogens is 286 g/mol. The first-order valence-corrected chi connectivity index (χ1v) is 8.21. The maximum Gasteiger partial charge on any atom is 0.231 e. The maximum atomic E-state index is 13.1. The molecule has 1 amide bonds. The number of hydrogen-bond donors (Lipinski definition) is 0. The highest BCUT2D eigenvalue weighted by atomic mass is 16.5. The van der Waals surface area contributed by atoms with E-state index in [-0.39, 0.29) is 23.6 Å². The normalized spacial score (nSPS) is 29.8. The van der Waals surface area contributed by atoms with E-state index in [4.69, 9.17) is 4.74 Å². The van der Waals surface area contributed by atoms with Crippen LogP contribution in [0, 0.1) is 5.41 Å². The summed E-state index contributed by atoms with van der Waals surface area (Å²) in [5, 5.41) is 0. The molecule has 2 fully saturated rings. The second-order valence-electron chi connectivity index (χ2n) is 6.89. The number of nitrogens with zero attached hydrogens (tertiary/aromatic N) is 1. The van der Waals surface area contributed by atoms with Crippen molar-refractivity contribution in [1.29, 1.82) is 0 Å². The fourth-order valence-corrected chi connectivity index (χ4v) is 3.97. The first-order valence-electron chi connectivity index (χ1n) is 8.21. The zero-order chi connectivity index (χ0) is 15.9. The number of amides is 1. The molecule has 0 saturated carbocycles. The Bertz CT molecular complexity index is 700. The third-order valence-corrected chi connectivity index (χ3v) is 5.05. The van der Waals surface area contributed by atoms with E-state index in [0.717, 1.165) is 18.4 Å². The first kappa shape index (κ1) is 14.5. The lowest BCUT2D eigenvalue weighted by Gasteiger charge is -2.27. The molecule has 0 unspecified atom stereocenters. The molecule has 3 heteroatoms. The van der Waals surface area contributed by atoms with Crippen molar-refractivity contribution < 1.29 is 9.53 Å². The molecule has 0 N–H and O–H groups in total. The summed E-state index contributed by atoms with van der Waals surface area (Å²) in [5.74, 6) is 0.220. The Morgan fingerprint density at radius 2 is 1.74 bits per heavy atom. The summed E-state index contributed by atoms with van der Waals surface area (Å²) in [6.07, 6.45) is 1.43. The Balaban J connectivity index is 1.60. The van der Waals surface area contributed by atoms with E-state index in [0.29, 0.717) is 6.61 Å². The number of fused-ring (bicyclic) bond motifs is 1. The SMILES string of the molecule is C[C@@]1(Cc2ccccc2)C[C@H]2CO[C@H](c3ccccc3)N2C1=O. The molecule has 0 bridgehead atoms. The molecule has 23 heavy (non-hydrogen) atoms. The monoisotopic (exact) mass is 307 g/mol. The molecule has 2 aromatic rings. The lowest BCUT2D eigenvalue weighted by atomic mass is 9.81. The van der Waals surface area contributed by atoms with Gasteiger partial charge in [-0.05, 0) is 18.4 Å². The Labute approximate surface area is 136 Å². The fraction of sp³-hybridized carbons (Fsp3) is 0.350. The Morgan fingerprint density at radius 3 is 2.43 bits per heavy atom. The molecule has 2 aliphatic heterocycles. The zero-order valence-corrected chi connectivity index (χ0v) is 13.3. The van der Waals surface area contributed by atoms with E-state index in [1.165, 1.54) is 5.56 Å². The van der Waals surface area contributed by atoms with Crippen LogP contribution >= 0.6 is 0 Å². The summed E-state index contributed by atoms with van der Waals surface area (Å²) in [5.41, 5.74) is 1.96. The van der Waals surface area contributed by atoms with Gasteiger partial charge in [-0.25, -0.2) is 0 Å². The highest BCUT2D eigenvalue weighted by molar-refractivity contribution is 5.86. The van der Waals surface area contributed by atoms with E-state index in [2.05, 4.69) is 19.1 Å². The van der Waals surface area contributed by atoms with Crippen molar-refractivity contribution in [1.82, 2.24) is 4.90 Å². The maximum absolute atomic E-state index is 13.1. The van der Waals surface area contributed by atoms with Gasteiger partial charge in [0.15, 0.2) is 6.23 Å². The molecule has 2 aliphatic rings. The van der Waals surface area contributed by atoms with Gasteiger partial charge in [0.25, 0.3) is 0 Å². The van der Waals surface area contributed by atoms with Gasteiger partial charge in [0, 0.05) is 5.56 Å². The highest BCUT2D eigenvalue weighted by Gasteiger charge is 2.54. The topological polar surface area (TPSA) is 29.5 Å². The third-order valence-electron chi connectivity index (χ3n) is 5.05. The van der Waals surface area contributed by atoms with Crippen LogP contribution in [0.4, 0.5) is 0 Å². The summed E-state index contributed by atoms with van der Waals surface area (Å²) >= 11 is 0. The highest BCUT2D eigenvalue weighted by Crippen LogP contribution is 2.46. The molecule has 0 aliphatic carbocycles. The predicted molar refractivity (Wildman–Crippen MR) is 88.6 cm³/mol. The van der Waals surface area contributed by atoms with E-state index < -0.39 is 0 Å². The largest absolute Gasteiger partial charge is 0.352 e. The molecular formula is C20H21NO2. The lowest BCUT2D eigenvalue weighted by molar-refractivity contribution is -0.141. The lowest BCUT2D eigenvalue weighted by Crippen LogP contribution is -2.36. The molecule has 2 saturated heterocycles. The summed E-state index contributed by atoms with van der Waals surface area (Å²) in [6.45, 7) is 2.73. The summed E-state index contributed by atoms with van der Waals surface area (Å²) in [6, 6.07) is 20.5. The van der Waals surface area contributed by atoms with Crippen molar-refractivity contribution in [3.63, 3.8) is 0 Å². The summed E-state index contributed by atoms with van der Waals surface area (Å²) in [4.78, 5) is 15.1. The Morgan fingerprint density at radius 1 is 1.09 bits per heavy atom. The number of carbonyl (C=O) groups is 1. The van der Waals surface area contributed by atoms with Crippen molar-refractivity contribution in [3.05, 3.63) is 71.8 Å². The van der Waals surface area contributed by atoms with E-state index >= 15 is 0 Å². The van der Waals surface area contributed by atoms with Gasteiger partial charge in [0.05, 0.1) is 18.1 Å². The van der Waals surface area contributed by atoms with Gasteiger partial charge in [-0.2, -0.15) is 0 Å². The van der Waals surface area contributed by atoms with Crippen LogP contribution in [0.15, 0.2) is 60.7 Å². The third kappa shape index (κ3) is 2.45. The minimum absolute atomic E-state index is 0.196. The van der Waals surface area contributed by atoms with E-state index in [9.17, 15) is 4.79 Å². The van der Waals surface area contributed by atoms with Crippen LogP contribution in [0.2, 0.25) is 0 Å². The van der Waals surface area contributed by atoms with E-state index in [1.807, 2.05) is 53.4 Å². The minimum atomic E-state index is -0.331. The van der Waals surface area contributed by atoms with Crippen LogP contribution in [0.3, 0.4) is 0 Å². The number of carbonyl (C=O) groups excluding carboxylic acids is 1. The molecule has 0 radical (unpaired) electrons. The molecule has 3 atom stereocenters. The summed E-state index contributed by atoms with van der Waals surface area (Å²) < 4.78 is 5.93. The van der Waals surface area contributed by atoms with E-state index in [1.54, 1.807) is 0 Å². The van der Waals surface area contributed by atoms with Crippen LogP contribution in [-0.2, 0) is 16.0 Å². The van der Waals surface area contributed by atoms with Gasteiger partial charge in [0.2, 0.25) is 5.91 Å². The molecule has 4 rings (SSSR count). The molecule has 3 nitrogen and oxygen atoms in total. The van der Waals surface area contributed by atoms with Crippen LogP contribution in [0.25, 0.3) is 0 Å². The second-order valence-corrected chi connectivity index (χ2v) is 6.89. The van der Waals surface area contributed by atoms with Crippen molar-refractivity contribution in [2.24, 2.45) is 5.41 Å². The minimum Gasteiger partial charge on any atom is -0.352 e. The summed E-state index contributed by atoms with van der Waals surface area (Å²) in [7, 11) is 0. The molecule has 2 aromatic carbocycles. The second kappa shape index (κ2) is 5.50. The average molecular weight is 307 g/mol. The standard InChI is InChI=1S/C20H21NO2/c1-20(12-15-8-4-2-5-9-15)13-17-14-23-18(21(17)19(20)22)16-10-6-3-7-11-16/h2-11,17-18H,12-14H2,1H3/t17-,18+,20+/m0/s1. The van der Waals surface area contributed by atoms with Gasteiger partial charge < -0.3 is 9.64 Å². The Kier molecular flexibility index (Phi) is 3.46. The Hall–Kier alpha value is -2.13. The van der Waals surface area contributed by atoms with Gasteiger partial charge in [-0.15, -0.1) is 0 Å². The molecule has 118 valence electrons. The van der Waals surface area contributed by atoms with Crippen molar-refractivity contribution >= 4 is 5.91 Å². The molecule has 0 spiro atoms. The van der Waals surface area contributed by atoms with Crippen LogP contribution in [0.5, 0.6) is 0 Å². The average Bonchev–Trinajstić information content (AvgIpc) is 3.08. The van der Waals surface area contributed by atoms with Gasteiger partial charge in [-0.1, -0.05) is 67.6 Å². The van der Waals surface area contributed by atoms with Crippen LogP contribution < -0.4 is 0 Å². The number of ether oxygens (including phenoxy) is 1. The van der Waals surface area contributed by atoms with Gasteiger partial charge in [0.1, 0.15) is 0 Å². The number of rotatable bonds is 3. The molecule has 2 heterocycles. The van der Waals surface area contributed by atoms with Crippen LogP contribution in [-0.4, -0.2) is 23.5 Å². The number of hydrogen-bond acceptors (Lipinski definition) is 2. The van der Waals surface area contributed by atoms with Gasteiger partial charge >= 0.3 is 0 Å². The smallest absolute Gasteiger partial charge is 0.231 e. The van der Waals surface area contributed by atoms with Gasteiger partial charge in [-0.3, -0.25) is 4.79 Å². The quantitative estimate of drug-likeness (QED) is 0.867. The predicted octanol–water partition coefficient (Wildman–Crippen LogP) is 3.57. The van der Waals surface area contributed by atoms with Crippen molar-refractivity contribution in [2.75, 3.05) is 6.61 Å². The fourth-order valence-electron chi connectivity index (χ4n) is 3.97. The zero-order valence-electron chi connectivity index (χ0n) is 13.3.